The molecule has 2 heterocycles. The minimum absolute atomic E-state index is 0.0244. The monoisotopic (exact) mass is 1120 g/mol. The Morgan fingerprint density at radius 2 is 1.04 bits per heavy atom. The van der Waals surface area contributed by atoms with Gasteiger partial charge in [0.05, 0.1) is 131 Å². The van der Waals surface area contributed by atoms with E-state index in [0.717, 1.165) is 14.2 Å². The van der Waals surface area contributed by atoms with Gasteiger partial charge < -0.3 is 83.0 Å². The van der Waals surface area contributed by atoms with Gasteiger partial charge >= 0.3 is 31.3 Å². The molecule has 0 aromatic carbocycles. The number of carbonyl (C=O) groups excluding carboxylic acids is 2. The first-order chi connectivity index (χ1) is 33.6. The Kier molecular flexibility index (Phi) is 33.5. The van der Waals surface area contributed by atoms with E-state index in [1.165, 1.54) is 11.8 Å². The maximum atomic E-state index is 13.5. The van der Waals surface area contributed by atoms with Crippen molar-refractivity contribution in [2.45, 2.75) is 75.4 Å². The third-order valence-corrected chi connectivity index (χ3v) is 13.6. The van der Waals surface area contributed by atoms with Gasteiger partial charge in [0.1, 0.15) is 24.4 Å². The molecule has 2 saturated heterocycles. The highest BCUT2D eigenvalue weighted by Gasteiger charge is 2.45. The zero-order valence-electron chi connectivity index (χ0n) is 39.9. The Morgan fingerprint density at radius 3 is 1.48 bits per heavy atom. The van der Waals surface area contributed by atoms with Gasteiger partial charge in [0, 0.05) is 40.7 Å². The van der Waals surface area contributed by atoms with Crippen LogP contribution in [0.5, 0.6) is 0 Å². The number of carbonyl (C=O) groups is 2. The lowest BCUT2D eigenvalue weighted by molar-refractivity contribution is -0.270. The van der Waals surface area contributed by atoms with E-state index in [0.29, 0.717) is 0 Å². The summed E-state index contributed by atoms with van der Waals surface area (Å²) in [7, 11) is -15.5. The largest absolute Gasteiger partial charge is 0.472 e. The van der Waals surface area contributed by atoms with Crippen molar-refractivity contribution in [2.24, 2.45) is 0 Å². The number of nitrogens with one attached hydrogen (secondary N) is 1. The topological polar surface area (TPSA) is 407 Å². The molecule has 0 bridgehead atoms. The quantitative estimate of drug-likeness (QED) is 0.0268. The summed E-state index contributed by atoms with van der Waals surface area (Å²) in [5, 5.41) is 32.7. The molecule has 2 aliphatic rings. The van der Waals surface area contributed by atoms with Crippen LogP contribution >= 0.6 is 31.3 Å². The summed E-state index contributed by atoms with van der Waals surface area (Å²) in [6.45, 7) is -0.404. The van der Waals surface area contributed by atoms with Gasteiger partial charge in [0.25, 0.3) is 0 Å². The predicted octanol–water partition coefficient (Wildman–Crippen LogP) is -1.02. The van der Waals surface area contributed by atoms with Crippen LogP contribution in [0.15, 0.2) is 0 Å². The smallest absolute Gasteiger partial charge is 0.394 e. The lowest BCUT2D eigenvalue weighted by Gasteiger charge is -2.42. The standard InChI is InChI=1S/C36H72N2O29P4/c1-28(40)37-33-35(43)34(42)31(26-39)66-36(33)60-7-5-4-6-32(41)38-25-30(67-71(50,51)64-23-19-59-15-11-55-9-13-57-17-21-62-69(46,47)53-3)24-29(38)27-65-70(48,49)63-22-18-58-14-10-54-8-12-56-16-20-61-68(44,45)52-2/h29-31,33-36,39,42-43H,4-27H2,1-3H3,(H,37,40)(H,44,45)(H,46,47)(H,48,49)(H,50,51)/t29-,30+,31?,33?,34+,35+,36+/m0/s1. The molecule has 0 saturated carbocycles. The van der Waals surface area contributed by atoms with E-state index in [9.17, 15) is 53.0 Å². The third kappa shape index (κ3) is 29.7. The zero-order chi connectivity index (χ0) is 52.8. The zero-order valence-corrected chi connectivity index (χ0v) is 43.4. The molecule has 71 heavy (non-hydrogen) atoms. The number of phosphoric acid groups is 4. The van der Waals surface area contributed by atoms with Crippen molar-refractivity contribution in [1.82, 2.24) is 10.2 Å². The van der Waals surface area contributed by atoms with Gasteiger partial charge in [0.15, 0.2) is 6.29 Å². The molecule has 420 valence electrons. The maximum absolute atomic E-state index is 13.5. The molecule has 0 radical (unpaired) electrons. The highest BCUT2D eigenvalue weighted by atomic mass is 31.2. The van der Waals surface area contributed by atoms with Crippen LogP contribution in [-0.4, -0.2) is 241 Å². The molecular formula is C36H72N2O29P4. The first-order valence-electron chi connectivity index (χ1n) is 22.3. The van der Waals surface area contributed by atoms with Crippen LogP contribution < -0.4 is 5.32 Å². The molecule has 11 atom stereocenters. The summed E-state index contributed by atoms with van der Waals surface area (Å²) in [5.74, 6) is -1.02. The van der Waals surface area contributed by atoms with Gasteiger partial charge in [-0.2, -0.15) is 0 Å². The molecular weight excluding hydrogens is 1050 g/mol. The van der Waals surface area contributed by atoms with Crippen LogP contribution in [0.2, 0.25) is 0 Å². The summed E-state index contributed by atoms with van der Waals surface area (Å²) in [6.07, 6.45) is -6.31. The molecule has 31 nitrogen and oxygen atoms in total. The molecule has 6 unspecified atom stereocenters. The molecule has 2 aliphatic heterocycles. The van der Waals surface area contributed by atoms with E-state index in [1.807, 2.05) is 0 Å². The first-order valence-corrected chi connectivity index (χ1v) is 28.2. The van der Waals surface area contributed by atoms with Crippen LogP contribution in [0.1, 0.15) is 32.6 Å². The minimum Gasteiger partial charge on any atom is -0.394 e. The van der Waals surface area contributed by atoms with E-state index >= 15 is 0 Å². The average molecular weight is 1120 g/mol. The lowest BCUT2D eigenvalue weighted by atomic mass is 9.97. The summed E-state index contributed by atoms with van der Waals surface area (Å²) < 4.78 is 129. The molecule has 0 aromatic rings. The Balaban J connectivity index is 1.82. The van der Waals surface area contributed by atoms with E-state index < -0.39 is 99.1 Å². The van der Waals surface area contributed by atoms with Crippen molar-refractivity contribution in [3.8, 4) is 0 Å². The van der Waals surface area contributed by atoms with Crippen molar-refractivity contribution < 1.29 is 137 Å². The fraction of sp³-hybridized carbons (Fsp3) is 0.944. The van der Waals surface area contributed by atoms with Crippen molar-refractivity contribution in [3.05, 3.63) is 0 Å². The highest BCUT2D eigenvalue weighted by Crippen LogP contribution is 2.48. The Labute approximate surface area is 411 Å². The van der Waals surface area contributed by atoms with Crippen LogP contribution in [-0.2, 0) is 102 Å². The van der Waals surface area contributed by atoms with Crippen LogP contribution in [0.25, 0.3) is 0 Å². The van der Waals surface area contributed by atoms with E-state index in [-0.39, 0.29) is 145 Å². The summed E-state index contributed by atoms with van der Waals surface area (Å²) in [5.41, 5.74) is 0. The molecule has 0 spiro atoms. The first kappa shape index (κ1) is 66.1. The molecule has 2 rings (SSSR count). The van der Waals surface area contributed by atoms with Gasteiger partial charge in [-0.05, 0) is 19.3 Å². The van der Waals surface area contributed by atoms with Crippen LogP contribution in [0.4, 0.5) is 0 Å². The number of likely N-dealkylation sites (tertiary alicyclic amines) is 1. The molecule has 0 aromatic heterocycles. The third-order valence-electron chi connectivity index (χ3n) is 9.60. The van der Waals surface area contributed by atoms with Gasteiger partial charge in [-0.1, -0.05) is 0 Å². The average Bonchev–Trinajstić information content (AvgIpc) is 3.72. The van der Waals surface area contributed by atoms with E-state index in [2.05, 4.69) is 23.4 Å². The van der Waals surface area contributed by atoms with E-state index in [4.69, 9.17) is 65.8 Å². The van der Waals surface area contributed by atoms with Crippen LogP contribution in [0, 0.1) is 0 Å². The maximum Gasteiger partial charge on any atom is 0.472 e. The Hall–Kier alpha value is -1.06. The number of rotatable bonds is 43. The Morgan fingerprint density at radius 1 is 0.606 bits per heavy atom. The van der Waals surface area contributed by atoms with Crippen LogP contribution in [0.3, 0.4) is 0 Å². The number of hydrogen-bond donors (Lipinski definition) is 8. The van der Waals surface area contributed by atoms with Crippen molar-refractivity contribution >= 4 is 43.1 Å². The van der Waals surface area contributed by atoms with Crippen molar-refractivity contribution in [2.75, 3.05) is 146 Å². The lowest BCUT2D eigenvalue weighted by Crippen LogP contribution is -2.64. The predicted molar refractivity (Wildman–Crippen MR) is 238 cm³/mol. The second-order valence-electron chi connectivity index (χ2n) is 15.0. The number of unbranched alkanes of at least 4 members (excludes halogenated alkanes) is 1. The number of aliphatic hydroxyl groups is 3. The number of amides is 2. The molecule has 35 heteroatoms. The van der Waals surface area contributed by atoms with Gasteiger partial charge in [-0.3, -0.25) is 45.8 Å². The number of aliphatic hydroxyl groups excluding tert-OH is 3. The van der Waals surface area contributed by atoms with Gasteiger partial charge in [-0.15, -0.1) is 0 Å². The fourth-order valence-corrected chi connectivity index (χ4v) is 8.68. The fourth-order valence-electron chi connectivity index (χ4n) is 6.22. The van der Waals surface area contributed by atoms with E-state index in [1.54, 1.807) is 0 Å². The van der Waals surface area contributed by atoms with Gasteiger partial charge in [0.2, 0.25) is 11.8 Å². The second-order valence-corrected chi connectivity index (χ2v) is 20.9. The van der Waals surface area contributed by atoms with Crippen molar-refractivity contribution in [1.29, 1.82) is 0 Å². The number of ether oxygens (including phenoxy) is 8. The summed E-state index contributed by atoms with van der Waals surface area (Å²) >= 11 is 0. The molecule has 2 fully saturated rings. The second kappa shape index (κ2) is 36.1. The molecule has 2 amide bonds. The normalized spacial score (nSPS) is 25.0. The van der Waals surface area contributed by atoms with Gasteiger partial charge in [-0.25, -0.2) is 18.3 Å². The Bertz CT molecular complexity index is 1680. The molecule has 0 aliphatic carbocycles. The number of hydrogen-bond acceptors (Lipinski definition) is 25. The number of nitrogens with zero attached hydrogens (tertiary/aromatic N) is 1. The SMILES string of the molecule is COP(=O)(O)OCCOCCOCCOCCOP(=O)(O)OC[C@@H]1C[C@@H](OP(=O)(O)OCCOCCOCCOCCOP(=O)(O)OC)CN1C(=O)CCCCO[C@@H]1OC(CO)[C@@H](O)[C@H](O)C1NC(C)=O. The van der Waals surface area contributed by atoms with Crippen molar-refractivity contribution in [3.63, 3.8) is 0 Å². The highest BCUT2D eigenvalue weighted by molar-refractivity contribution is 7.48. The summed E-state index contributed by atoms with van der Waals surface area (Å²) in [4.78, 5) is 65.7. The minimum atomic E-state index is -4.73. The molecule has 8 N–H and O–H groups in total. The summed E-state index contributed by atoms with van der Waals surface area (Å²) in [6, 6.07) is -2.10. The number of phosphoric ester groups is 4.